The Kier molecular flexibility index (Phi) is 7.24. The number of benzene rings is 1. The molecule has 0 fully saturated rings. The van der Waals surface area contributed by atoms with Crippen LogP contribution in [0.4, 0.5) is 11.4 Å². The monoisotopic (exact) mass is 281 g/mol. The maximum Gasteiger partial charge on any atom is 0.357 e. The Hall–Kier alpha value is -0.270. The molecule has 18 heavy (non-hydrogen) atoms. The molecule has 0 saturated heterocycles. The maximum atomic E-state index is 10.7. The molecule has 1 radical (unpaired) electrons. The van der Waals surface area contributed by atoms with Gasteiger partial charge in [0.2, 0.25) is 0 Å². The van der Waals surface area contributed by atoms with Crippen LogP contribution in [0.5, 0.6) is 0 Å². The molecule has 0 aromatic heterocycles. The summed E-state index contributed by atoms with van der Waals surface area (Å²) in [4.78, 5) is 2.16. The van der Waals surface area contributed by atoms with E-state index in [-0.39, 0.29) is 29.6 Å². The topological polar surface area (TPSA) is 69.6 Å². The molecule has 0 spiro atoms. The summed E-state index contributed by atoms with van der Waals surface area (Å²) in [6.07, 6.45) is 0. The predicted octanol–water partition coefficient (Wildman–Crippen LogP) is 1.68. The van der Waals surface area contributed by atoms with Crippen molar-refractivity contribution in [1.82, 2.24) is 0 Å². The smallest absolute Gasteiger partial charge is 0.357 e. The van der Waals surface area contributed by atoms with Crippen molar-refractivity contribution < 1.29 is 13.0 Å². The molecule has 5 nitrogen and oxygen atoms in total. The second-order valence-corrected chi connectivity index (χ2v) is 4.90. The van der Waals surface area contributed by atoms with E-state index in [1.54, 1.807) is 13.0 Å². The molecule has 1 rings (SSSR count). The van der Waals surface area contributed by atoms with Crippen molar-refractivity contribution >= 4 is 51.2 Å². The molecule has 2 N–H and O–H groups in total. The van der Waals surface area contributed by atoms with Crippen LogP contribution in [0.2, 0.25) is 0 Å². The van der Waals surface area contributed by atoms with Crippen molar-refractivity contribution in [3.8, 4) is 0 Å². The number of nitrogens with zero attached hydrogens (tertiary/aromatic N) is 1. The predicted molar refractivity (Wildman–Crippen MR) is 75.7 cm³/mol. The standard InChI is InChI=1S/C11H18N2O3S.Na/c1-4-13(5-2)10-6-7-11(9(3)8-10)12-17(14,15)16;/h6-8,12H,4-5H2,1-3H3,(H,14,15,16);. The molecule has 0 unspecified atom stereocenters. The van der Waals surface area contributed by atoms with Gasteiger partial charge in [-0.05, 0) is 44.5 Å². The minimum absolute atomic E-state index is 0. The van der Waals surface area contributed by atoms with Gasteiger partial charge in [0.1, 0.15) is 0 Å². The molecule has 0 atom stereocenters. The first-order valence-electron chi connectivity index (χ1n) is 5.48. The van der Waals surface area contributed by atoms with E-state index in [0.29, 0.717) is 5.69 Å². The Morgan fingerprint density at radius 2 is 1.83 bits per heavy atom. The quantitative estimate of drug-likeness (QED) is 0.636. The van der Waals surface area contributed by atoms with Crippen LogP contribution in [0.15, 0.2) is 18.2 Å². The van der Waals surface area contributed by atoms with Crippen molar-refractivity contribution in [2.45, 2.75) is 20.8 Å². The summed E-state index contributed by atoms with van der Waals surface area (Å²) in [6.45, 7) is 7.69. The summed E-state index contributed by atoms with van der Waals surface area (Å²) in [5, 5.41) is 0. The van der Waals surface area contributed by atoms with Crippen LogP contribution in [-0.4, -0.2) is 55.6 Å². The third-order valence-corrected chi connectivity index (χ3v) is 3.06. The zero-order valence-corrected chi connectivity index (χ0v) is 14.1. The van der Waals surface area contributed by atoms with E-state index < -0.39 is 10.3 Å². The van der Waals surface area contributed by atoms with Gasteiger partial charge in [0.15, 0.2) is 0 Å². The number of anilines is 2. The van der Waals surface area contributed by atoms with Crippen LogP contribution in [0.1, 0.15) is 19.4 Å². The van der Waals surface area contributed by atoms with Crippen LogP contribution in [0.3, 0.4) is 0 Å². The van der Waals surface area contributed by atoms with E-state index in [9.17, 15) is 8.42 Å². The molecule has 0 heterocycles. The van der Waals surface area contributed by atoms with E-state index in [2.05, 4.69) is 23.5 Å². The molecule has 1 aromatic rings. The first-order valence-corrected chi connectivity index (χ1v) is 6.92. The first-order chi connectivity index (χ1) is 7.87. The second-order valence-electron chi connectivity index (χ2n) is 3.75. The van der Waals surface area contributed by atoms with Crippen molar-refractivity contribution in [3.05, 3.63) is 23.8 Å². The second kappa shape index (κ2) is 7.35. The number of hydrogen-bond acceptors (Lipinski definition) is 3. The van der Waals surface area contributed by atoms with E-state index in [4.69, 9.17) is 4.55 Å². The average Bonchev–Trinajstić information content (AvgIpc) is 2.22. The zero-order chi connectivity index (χ0) is 13.1. The van der Waals surface area contributed by atoms with Gasteiger partial charge in [-0.2, -0.15) is 8.42 Å². The fourth-order valence-electron chi connectivity index (χ4n) is 1.69. The third kappa shape index (κ3) is 5.16. The Balaban J connectivity index is 0.00000289. The van der Waals surface area contributed by atoms with Crippen molar-refractivity contribution in [1.29, 1.82) is 0 Å². The van der Waals surface area contributed by atoms with Gasteiger partial charge in [0, 0.05) is 48.3 Å². The third-order valence-electron chi connectivity index (χ3n) is 2.58. The van der Waals surface area contributed by atoms with E-state index in [1.165, 1.54) is 0 Å². The summed E-state index contributed by atoms with van der Waals surface area (Å²) >= 11 is 0. The molecule has 0 aliphatic rings. The molecule has 0 amide bonds. The van der Waals surface area contributed by atoms with Gasteiger partial charge in [-0.25, -0.2) is 0 Å². The Labute approximate surface area is 131 Å². The molecular formula is C11H18N2NaO3S. The number of nitrogens with one attached hydrogen (secondary N) is 1. The zero-order valence-electron chi connectivity index (χ0n) is 11.3. The molecule has 97 valence electrons. The first kappa shape index (κ1) is 17.7. The SMILES string of the molecule is CCN(CC)c1ccc(NS(=O)(=O)O)c(C)c1.[Na]. The average molecular weight is 281 g/mol. The van der Waals surface area contributed by atoms with Gasteiger partial charge in [-0.3, -0.25) is 9.27 Å². The van der Waals surface area contributed by atoms with Gasteiger partial charge in [-0.1, -0.05) is 0 Å². The number of rotatable bonds is 5. The molecule has 1 aromatic carbocycles. The minimum atomic E-state index is -4.21. The largest absolute Gasteiger partial charge is 0.372 e. The Morgan fingerprint density at radius 1 is 1.28 bits per heavy atom. The van der Waals surface area contributed by atoms with Gasteiger partial charge in [-0.15, -0.1) is 0 Å². The van der Waals surface area contributed by atoms with Crippen LogP contribution in [0, 0.1) is 6.92 Å². The number of aryl methyl sites for hydroxylation is 1. The summed E-state index contributed by atoms with van der Waals surface area (Å²) in [6, 6.07) is 5.37. The Morgan fingerprint density at radius 3 is 2.22 bits per heavy atom. The molecule has 0 aliphatic carbocycles. The molecule has 0 bridgehead atoms. The van der Waals surface area contributed by atoms with Crippen LogP contribution in [-0.2, 0) is 10.3 Å². The van der Waals surface area contributed by atoms with Gasteiger partial charge >= 0.3 is 10.3 Å². The summed E-state index contributed by atoms with van der Waals surface area (Å²) in [5.41, 5.74) is 2.20. The molecule has 7 heteroatoms. The van der Waals surface area contributed by atoms with Gasteiger partial charge in [0.05, 0.1) is 5.69 Å². The van der Waals surface area contributed by atoms with Gasteiger partial charge < -0.3 is 4.90 Å². The summed E-state index contributed by atoms with van der Waals surface area (Å²) in [7, 11) is -4.21. The van der Waals surface area contributed by atoms with Crippen LogP contribution >= 0.6 is 0 Å². The molecule has 0 saturated carbocycles. The van der Waals surface area contributed by atoms with Crippen LogP contribution in [0.25, 0.3) is 0 Å². The number of hydrogen-bond donors (Lipinski definition) is 2. The van der Waals surface area contributed by atoms with Gasteiger partial charge in [0.25, 0.3) is 0 Å². The summed E-state index contributed by atoms with van der Waals surface area (Å²) < 4.78 is 32.2. The molecular weight excluding hydrogens is 263 g/mol. The van der Waals surface area contributed by atoms with Crippen molar-refractivity contribution in [2.24, 2.45) is 0 Å². The fourth-order valence-corrected chi connectivity index (χ4v) is 2.19. The summed E-state index contributed by atoms with van der Waals surface area (Å²) in [5.74, 6) is 0. The van der Waals surface area contributed by atoms with Crippen molar-refractivity contribution in [2.75, 3.05) is 22.7 Å². The maximum absolute atomic E-state index is 10.7. The van der Waals surface area contributed by atoms with E-state index in [1.807, 2.05) is 12.1 Å². The minimum Gasteiger partial charge on any atom is -0.372 e. The Bertz CT molecular complexity index is 487. The van der Waals surface area contributed by atoms with Crippen LogP contribution < -0.4 is 9.62 Å². The fraction of sp³-hybridized carbons (Fsp3) is 0.455. The van der Waals surface area contributed by atoms with Crippen molar-refractivity contribution in [3.63, 3.8) is 0 Å². The van der Waals surface area contributed by atoms with E-state index in [0.717, 1.165) is 24.3 Å². The van der Waals surface area contributed by atoms with E-state index >= 15 is 0 Å². The normalized spacial score (nSPS) is 10.7. The molecule has 0 aliphatic heterocycles.